The number of carbonyl (C=O) groups is 3. The Hall–Kier alpha value is -2.64. The van der Waals surface area contributed by atoms with Gasteiger partial charge in [0.05, 0.1) is 15.7 Å². The zero-order chi connectivity index (χ0) is 20.4. The largest absolute Gasteiger partial charge is 0.366 e. The number of nitrogens with zero attached hydrogens (tertiary/aromatic N) is 1. The van der Waals surface area contributed by atoms with Crippen molar-refractivity contribution in [3.05, 3.63) is 63.4 Å². The number of benzene rings is 2. The summed E-state index contributed by atoms with van der Waals surface area (Å²) in [5.41, 5.74) is 5.38. The summed E-state index contributed by atoms with van der Waals surface area (Å²) in [6, 6.07) is 7.13. The normalized spacial score (nSPS) is 16.1. The van der Waals surface area contributed by atoms with Crippen molar-refractivity contribution in [2.75, 3.05) is 11.9 Å². The topological polar surface area (TPSA) is 92.5 Å². The number of hydrogen-bond acceptors (Lipinski definition) is 3. The number of anilines is 1. The lowest BCUT2D eigenvalue weighted by atomic mass is 10.1. The van der Waals surface area contributed by atoms with Crippen molar-refractivity contribution in [2.45, 2.75) is 18.9 Å². The van der Waals surface area contributed by atoms with Gasteiger partial charge in [-0.2, -0.15) is 0 Å². The summed E-state index contributed by atoms with van der Waals surface area (Å²) in [7, 11) is 0. The summed E-state index contributed by atoms with van der Waals surface area (Å²) in [6.45, 7) is 0.376. The summed E-state index contributed by atoms with van der Waals surface area (Å²) >= 11 is 11.8. The van der Waals surface area contributed by atoms with Gasteiger partial charge in [0, 0.05) is 17.7 Å². The number of likely N-dealkylation sites (tertiary alicyclic amines) is 1. The average Bonchev–Trinajstić information content (AvgIpc) is 3.15. The van der Waals surface area contributed by atoms with E-state index in [1.165, 1.54) is 29.2 Å². The summed E-state index contributed by atoms with van der Waals surface area (Å²) in [6.07, 6.45) is 1.05. The minimum Gasteiger partial charge on any atom is -0.366 e. The lowest BCUT2D eigenvalue weighted by Crippen LogP contribution is -2.43. The molecular weight excluding hydrogens is 408 g/mol. The lowest BCUT2D eigenvalue weighted by Gasteiger charge is -2.24. The van der Waals surface area contributed by atoms with E-state index in [0.717, 1.165) is 12.1 Å². The van der Waals surface area contributed by atoms with E-state index in [0.29, 0.717) is 30.0 Å². The van der Waals surface area contributed by atoms with E-state index in [-0.39, 0.29) is 22.2 Å². The van der Waals surface area contributed by atoms with Crippen LogP contribution < -0.4 is 11.1 Å². The molecule has 3 amide bonds. The summed E-state index contributed by atoms with van der Waals surface area (Å²) in [4.78, 5) is 38.2. The molecule has 9 heteroatoms. The molecule has 0 spiro atoms. The quantitative estimate of drug-likeness (QED) is 0.787. The first-order chi connectivity index (χ1) is 13.3. The van der Waals surface area contributed by atoms with Crippen molar-refractivity contribution in [2.24, 2.45) is 5.73 Å². The number of carbonyl (C=O) groups excluding carboxylic acids is 3. The molecular formula is C19H16Cl2FN3O3. The van der Waals surface area contributed by atoms with Crippen molar-refractivity contribution >= 4 is 46.6 Å². The predicted molar refractivity (Wildman–Crippen MR) is 104 cm³/mol. The van der Waals surface area contributed by atoms with Crippen LogP contribution in [0.3, 0.4) is 0 Å². The zero-order valence-electron chi connectivity index (χ0n) is 14.5. The van der Waals surface area contributed by atoms with Gasteiger partial charge >= 0.3 is 0 Å². The van der Waals surface area contributed by atoms with Gasteiger partial charge < -0.3 is 16.0 Å². The van der Waals surface area contributed by atoms with E-state index in [4.69, 9.17) is 28.9 Å². The van der Waals surface area contributed by atoms with Gasteiger partial charge in [-0.3, -0.25) is 14.4 Å². The molecule has 0 saturated carbocycles. The Kier molecular flexibility index (Phi) is 5.86. The fraction of sp³-hybridized carbons (Fsp3) is 0.211. The third-order valence-corrected chi connectivity index (χ3v) is 5.23. The molecule has 1 aliphatic heterocycles. The van der Waals surface area contributed by atoms with Crippen LogP contribution in [0, 0.1) is 5.82 Å². The van der Waals surface area contributed by atoms with E-state index in [9.17, 15) is 18.8 Å². The van der Waals surface area contributed by atoms with Gasteiger partial charge in [-0.05, 0) is 49.2 Å². The number of nitrogens with two attached hydrogens (primary N) is 1. The predicted octanol–water partition coefficient (Wildman–Crippen LogP) is 3.47. The van der Waals surface area contributed by atoms with E-state index in [1.807, 2.05) is 0 Å². The average molecular weight is 424 g/mol. The Bertz CT molecular complexity index is 967. The monoisotopic (exact) mass is 423 g/mol. The van der Waals surface area contributed by atoms with Crippen LogP contribution >= 0.6 is 23.2 Å². The first-order valence-corrected chi connectivity index (χ1v) is 9.19. The Labute approximate surface area is 170 Å². The van der Waals surface area contributed by atoms with Crippen LogP contribution in [0.5, 0.6) is 0 Å². The number of hydrogen-bond donors (Lipinski definition) is 2. The number of amides is 3. The molecule has 1 atom stereocenters. The molecule has 2 aromatic carbocycles. The third-order valence-electron chi connectivity index (χ3n) is 4.49. The molecule has 146 valence electrons. The zero-order valence-corrected chi connectivity index (χ0v) is 16.1. The minimum atomic E-state index is -0.779. The smallest absolute Gasteiger partial charge is 0.254 e. The Balaban J connectivity index is 1.79. The Morgan fingerprint density at radius 3 is 2.46 bits per heavy atom. The van der Waals surface area contributed by atoms with Crippen LogP contribution in [0.25, 0.3) is 0 Å². The number of primary amides is 1. The fourth-order valence-corrected chi connectivity index (χ4v) is 3.37. The van der Waals surface area contributed by atoms with E-state index in [1.54, 1.807) is 0 Å². The van der Waals surface area contributed by atoms with Crippen molar-refractivity contribution in [3.63, 3.8) is 0 Å². The van der Waals surface area contributed by atoms with Crippen LogP contribution in [-0.4, -0.2) is 35.2 Å². The van der Waals surface area contributed by atoms with E-state index in [2.05, 4.69) is 5.32 Å². The molecule has 0 radical (unpaired) electrons. The van der Waals surface area contributed by atoms with Crippen LogP contribution in [0.15, 0.2) is 36.4 Å². The minimum absolute atomic E-state index is 0.0619. The maximum atomic E-state index is 14.0. The molecule has 1 unspecified atom stereocenters. The highest BCUT2D eigenvalue weighted by molar-refractivity contribution is 6.42. The SMILES string of the molecule is NC(=O)c1ccc(F)c(NC(=O)C2CCCN2C(=O)c2ccc(Cl)c(Cl)c2)c1. The van der Waals surface area contributed by atoms with Crippen molar-refractivity contribution < 1.29 is 18.8 Å². The van der Waals surface area contributed by atoms with E-state index >= 15 is 0 Å². The van der Waals surface area contributed by atoms with Crippen LogP contribution in [0.2, 0.25) is 10.0 Å². The first kappa shape index (κ1) is 20.1. The molecule has 1 saturated heterocycles. The molecule has 1 aliphatic rings. The fourth-order valence-electron chi connectivity index (χ4n) is 3.07. The third kappa shape index (κ3) is 4.10. The molecule has 3 rings (SSSR count). The van der Waals surface area contributed by atoms with Crippen molar-refractivity contribution in [1.82, 2.24) is 4.90 Å². The molecule has 2 aromatic rings. The molecule has 0 aliphatic carbocycles. The van der Waals surface area contributed by atoms with Crippen molar-refractivity contribution in [1.29, 1.82) is 0 Å². The number of rotatable bonds is 4. The second-order valence-electron chi connectivity index (χ2n) is 6.33. The standard InChI is InChI=1S/C19H16Cl2FN3O3/c20-12-5-3-11(8-13(12)21)19(28)25-7-1-2-16(25)18(27)24-15-9-10(17(23)26)4-6-14(15)22/h3-6,8-9,16H,1-2,7H2,(H2,23,26)(H,24,27). The summed E-state index contributed by atoms with van der Waals surface area (Å²) in [5, 5.41) is 2.99. The summed E-state index contributed by atoms with van der Waals surface area (Å²) in [5.74, 6) is -2.37. The van der Waals surface area contributed by atoms with Crippen LogP contribution in [-0.2, 0) is 4.79 Å². The first-order valence-electron chi connectivity index (χ1n) is 8.44. The highest BCUT2D eigenvalue weighted by Gasteiger charge is 2.35. The molecule has 28 heavy (non-hydrogen) atoms. The second-order valence-corrected chi connectivity index (χ2v) is 7.15. The van der Waals surface area contributed by atoms with E-state index < -0.39 is 23.7 Å². The number of nitrogens with one attached hydrogen (secondary N) is 1. The highest BCUT2D eigenvalue weighted by atomic mass is 35.5. The Morgan fingerprint density at radius 2 is 1.79 bits per heavy atom. The molecule has 6 nitrogen and oxygen atoms in total. The number of halogens is 3. The van der Waals surface area contributed by atoms with Gasteiger partial charge in [0.1, 0.15) is 11.9 Å². The van der Waals surface area contributed by atoms with Gasteiger partial charge in [-0.25, -0.2) is 4.39 Å². The molecule has 1 heterocycles. The maximum absolute atomic E-state index is 14.0. The van der Waals surface area contributed by atoms with Gasteiger partial charge in [-0.15, -0.1) is 0 Å². The Morgan fingerprint density at radius 1 is 1.07 bits per heavy atom. The molecule has 1 fully saturated rings. The molecule has 0 aromatic heterocycles. The summed E-state index contributed by atoms with van der Waals surface area (Å²) < 4.78 is 14.0. The van der Waals surface area contributed by atoms with Crippen LogP contribution in [0.4, 0.5) is 10.1 Å². The van der Waals surface area contributed by atoms with Crippen LogP contribution in [0.1, 0.15) is 33.6 Å². The second kappa shape index (κ2) is 8.16. The highest BCUT2D eigenvalue weighted by Crippen LogP contribution is 2.27. The molecule has 0 bridgehead atoms. The van der Waals surface area contributed by atoms with Gasteiger partial charge in [0.2, 0.25) is 11.8 Å². The lowest BCUT2D eigenvalue weighted by molar-refractivity contribution is -0.119. The molecule has 3 N–H and O–H groups in total. The van der Waals surface area contributed by atoms with Gasteiger partial charge in [0.15, 0.2) is 0 Å². The van der Waals surface area contributed by atoms with Gasteiger partial charge in [-0.1, -0.05) is 23.2 Å². The van der Waals surface area contributed by atoms with Crippen molar-refractivity contribution in [3.8, 4) is 0 Å². The van der Waals surface area contributed by atoms with Gasteiger partial charge in [0.25, 0.3) is 5.91 Å². The maximum Gasteiger partial charge on any atom is 0.254 e.